The SMILES string of the molecule is CC(c1ccc(C(F)(F)F)cc1)C1(C(C)(C)C)COS(=O)(=O)N1C(=O)O. The van der Waals surface area contributed by atoms with Crippen molar-refractivity contribution in [3.8, 4) is 0 Å². The first kappa shape index (κ1) is 20.5. The molecule has 1 heterocycles. The van der Waals surface area contributed by atoms with E-state index < -0.39 is 51.6 Å². The lowest BCUT2D eigenvalue weighted by molar-refractivity contribution is -0.137. The summed E-state index contributed by atoms with van der Waals surface area (Å²) in [6, 6.07) is 4.23. The molecule has 0 saturated carbocycles. The standard InChI is InChI=1S/C16H20F3NO5S/c1-10(11-5-7-12(8-6-11)16(17,18)19)15(14(2,3)4)9-25-26(23,24)20(15)13(21)22/h5-8,10H,9H2,1-4H3,(H,21,22). The molecule has 0 aliphatic carbocycles. The van der Waals surface area contributed by atoms with Gasteiger partial charge in [0.25, 0.3) is 0 Å². The fraction of sp³-hybridized carbons (Fsp3) is 0.562. The molecule has 2 rings (SSSR count). The summed E-state index contributed by atoms with van der Waals surface area (Å²) in [5.41, 5.74) is -2.88. The van der Waals surface area contributed by atoms with Gasteiger partial charge in [-0.25, -0.2) is 4.79 Å². The molecule has 2 unspecified atom stereocenters. The van der Waals surface area contributed by atoms with Gasteiger partial charge in [0.1, 0.15) is 5.54 Å². The van der Waals surface area contributed by atoms with E-state index in [4.69, 9.17) is 4.18 Å². The molecule has 0 radical (unpaired) electrons. The summed E-state index contributed by atoms with van der Waals surface area (Å²) in [6.07, 6.45) is -6.20. The molecule has 1 saturated heterocycles. The summed E-state index contributed by atoms with van der Waals surface area (Å²) >= 11 is 0. The van der Waals surface area contributed by atoms with Crippen molar-refractivity contribution in [3.63, 3.8) is 0 Å². The molecule has 0 aromatic heterocycles. The van der Waals surface area contributed by atoms with Gasteiger partial charge in [-0.15, -0.1) is 0 Å². The third-order valence-corrected chi connectivity index (χ3v) is 6.29. The number of halogens is 3. The van der Waals surface area contributed by atoms with E-state index in [0.29, 0.717) is 9.87 Å². The second-order valence-electron chi connectivity index (χ2n) is 7.28. The van der Waals surface area contributed by atoms with Crippen molar-refractivity contribution in [2.75, 3.05) is 6.61 Å². The normalized spacial score (nSPS) is 24.5. The highest BCUT2D eigenvalue weighted by Gasteiger charge is 2.63. The van der Waals surface area contributed by atoms with E-state index in [2.05, 4.69) is 0 Å². The molecule has 0 bridgehead atoms. The Kier molecular flexibility index (Phi) is 4.83. The monoisotopic (exact) mass is 395 g/mol. The Labute approximate surface area is 149 Å². The van der Waals surface area contributed by atoms with Crippen LogP contribution in [-0.2, 0) is 20.7 Å². The molecule has 2 atom stereocenters. The van der Waals surface area contributed by atoms with Crippen LogP contribution < -0.4 is 0 Å². The lowest BCUT2D eigenvalue weighted by atomic mass is 9.65. The van der Waals surface area contributed by atoms with Crippen molar-refractivity contribution >= 4 is 16.4 Å². The Morgan fingerprint density at radius 2 is 1.73 bits per heavy atom. The molecular formula is C16H20F3NO5S. The van der Waals surface area contributed by atoms with E-state index in [1.165, 1.54) is 12.1 Å². The van der Waals surface area contributed by atoms with Crippen LogP contribution in [0.15, 0.2) is 24.3 Å². The molecule has 1 aromatic carbocycles. The van der Waals surface area contributed by atoms with E-state index in [1.54, 1.807) is 27.7 Å². The molecule has 1 amide bonds. The minimum atomic E-state index is -4.51. The number of carboxylic acid groups (broad SMARTS) is 1. The van der Waals surface area contributed by atoms with Gasteiger partial charge in [-0.05, 0) is 23.1 Å². The molecule has 1 fully saturated rings. The Morgan fingerprint density at radius 3 is 2.12 bits per heavy atom. The van der Waals surface area contributed by atoms with Crippen LogP contribution in [0.25, 0.3) is 0 Å². The highest BCUT2D eigenvalue weighted by atomic mass is 32.2. The molecule has 6 nitrogen and oxygen atoms in total. The van der Waals surface area contributed by atoms with Crippen LogP contribution in [0.4, 0.5) is 18.0 Å². The summed E-state index contributed by atoms with van der Waals surface area (Å²) < 4.78 is 67.7. The van der Waals surface area contributed by atoms with E-state index in [-0.39, 0.29) is 0 Å². The summed E-state index contributed by atoms with van der Waals surface area (Å²) in [6.45, 7) is 6.14. The van der Waals surface area contributed by atoms with Crippen LogP contribution in [0.5, 0.6) is 0 Å². The van der Waals surface area contributed by atoms with Crippen LogP contribution in [0.3, 0.4) is 0 Å². The van der Waals surface area contributed by atoms with Gasteiger partial charge in [-0.2, -0.15) is 25.9 Å². The topological polar surface area (TPSA) is 83.9 Å². The average molecular weight is 395 g/mol. The van der Waals surface area contributed by atoms with Crippen LogP contribution in [0.1, 0.15) is 44.7 Å². The lowest BCUT2D eigenvalue weighted by Gasteiger charge is -2.47. The van der Waals surface area contributed by atoms with Crippen molar-refractivity contribution in [1.82, 2.24) is 4.31 Å². The summed E-state index contributed by atoms with van der Waals surface area (Å²) in [5, 5.41) is 9.51. The maximum atomic E-state index is 12.8. The smallest absolute Gasteiger partial charge is 0.423 e. The van der Waals surface area contributed by atoms with Crippen LogP contribution in [0, 0.1) is 5.41 Å². The zero-order valence-corrected chi connectivity index (χ0v) is 15.5. The van der Waals surface area contributed by atoms with Crippen molar-refractivity contribution in [3.05, 3.63) is 35.4 Å². The summed E-state index contributed by atoms with van der Waals surface area (Å²) in [5.74, 6) is -0.752. The van der Waals surface area contributed by atoms with Crippen LogP contribution >= 0.6 is 0 Å². The number of alkyl halides is 3. The molecule has 1 aromatic rings. The van der Waals surface area contributed by atoms with Gasteiger partial charge in [-0.3, -0.25) is 4.18 Å². The van der Waals surface area contributed by atoms with Gasteiger partial charge in [0.15, 0.2) is 0 Å². The molecule has 1 N–H and O–H groups in total. The predicted molar refractivity (Wildman–Crippen MR) is 86.8 cm³/mol. The van der Waals surface area contributed by atoms with Crippen molar-refractivity contribution in [2.24, 2.45) is 5.41 Å². The number of hydrogen-bond acceptors (Lipinski definition) is 4. The fourth-order valence-corrected chi connectivity index (χ4v) is 4.96. The average Bonchev–Trinajstić information content (AvgIpc) is 2.78. The molecule has 10 heteroatoms. The first-order chi connectivity index (χ1) is 11.6. The molecule has 1 aliphatic rings. The maximum Gasteiger partial charge on any atom is 0.423 e. The largest absolute Gasteiger partial charge is 0.464 e. The van der Waals surface area contributed by atoms with Gasteiger partial charge < -0.3 is 5.11 Å². The molecule has 146 valence electrons. The number of rotatable bonds is 2. The van der Waals surface area contributed by atoms with E-state index in [1.807, 2.05) is 0 Å². The van der Waals surface area contributed by atoms with Crippen molar-refractivity contribution in [1.29, 1.82) is 0 Å². The second kappa shape index (κ2) is 6.12. The zero-order chi connectivity index (χ0) is 20.1. The van der Waals surface area contributed by atoms with E-state index in [9.17, 15) is 31.5 Å². The fourth-order valence-electron chi connectivity index (χ4n) is 3.45. The molecule has 0 spiro atoms. The predicted octanol–water partition coefficient (Wildman–Crippen LogP) is 3.85. The number of hydrogen-bond donors (Lipinski definition) is 1. The first-order valence-electron chi connectivity index (χ1n) is 7.74. The summed E-state index contributed by atoms with van der Waals surface area (Å²) in [7, 11) is -4.51. The van der Waals surface area contributed by atoms with Crippen LogP contribution in [0.2, 0.25) is 0 Å². The molecular weight excluding hydrogens is 375 g/mol. The highest BCUT2D eigenvalue weighted by molar-refractivity contribution is 7.85. The van der Waals surface area contributed by atoms with E-state index >= 15 is 0 Å². The number of benzene rings is 1. The highest BCUT2D eigenvalue weighted by Crippen LogP contribution is 2.51. The quantitative estimate of drug-likeness (QED) is 0.822. The first-order valence-corrected chi connectivity index (χ1v) is 9.11. The number of carbonyl (C=O) groups is 1. The Bertz CT molecular complexity index is 799. The number of nitrogens with zero attached hydrogens (tertiary/aromatic N) is 1. The third kappa shape index (κ3) is 3.16. The zero-order valence-electron chi connectivity index (χ0n) is 14.7. The van der Waals surface area contributed by atoms with Gasteiger partial charge in [0.05, 0.1) is 12.2 Å². The Balaban J connectivity index is 2.60. The maximum absolute atomic E-state index is 12.8. The van der Waals surface area contributed by atoms with E-state index in [0.717, 1.165) is 12.1 Å². The van der Waals surface area contributed by atoms with Gasteiger partial charge in [0.2, 0.25) is 0 Å². The Morgan fingerprint density at radius 1 is 1.23 bits per heavy atom. The summed E-state index contributed by atoms with van der Waals surface area (Å²) in [4.78, 5) is 11.7. The van der Waals surface area contributed by atoms with Gasteiger partial charge in [-0.1, -0.05) is 39.8 Å². The number of amides is 1. The lowest BCUT2D eigenvalue weighted by Crippen LogP contribution is -2.61. The minimum absolute atomic E-state index is 0.294. The molecule has 1 aliphatic heterocycles. The third-order valence-electron chi connectivity index (χ3n) is 4.94. The Hall–Kier alpha value is -1.81. The van der Waals surface area contributed by atoms with Crippen molar-refractivity contribution < 1.29 is 35.7 Å². The minimum Gasteiger partial charge on any atom is -0.464 e. The van der Waals surface area contributed by atoms with Gasteiger partial charge in [0, 0.05) is 5.92 Å². The second-order valence-corrected chi connectivity index (χ2v) is 8.74. The van der Waals surface area contributed by atoms with Gasteiger partial charge >= 0.3 is 22.6 Å². The van der Waals surface area contributed by atoms with Crippen molar-refractivity contribution in [2.45, 2.75) is 45.3 Å². The molecule has 26 heavy (non-hydrogen) atoms. The van der Waals surface area contributed by atoms with Crippen LogP contribution in [-0.4, -0.2) is 36.1 Å².